The Hall–Kier alpha value is -4.26. The smallest absolute Gasteiger partial charge is 0.449 e. The number of alkyl halides is 3. The first-order chi connectivity index (χ1) is 18.1. The molecule has 1 atom stereocenters. The number of urea groups is 1. The fraction of sp³-hybridized carbons (Fsp3) is 0.208. The van der Waals surface area contributed by atoms with Gasteiger partial charge in [-0.25, -0.2) is 29.0 Å². The highest BCUT2D eigenvalue weighted by Crippen LogP contribution is 2.30. The Balaban J connectivity index is 1.69. The maximum Gasteiger partial charge on any atom is 0.573 e. The van der Waals surface area contributed by atoms with Crippen molar-refractivity contribution in [3.8, 4) is 5.75 Å². The second-order valence-corrected chi connectivity index (χ2v) is 8.18. The fourth-order valence-electron chi connectivity index (χ4n) is 3.60. The Kier molecular flexibility index (Phi) is 7.76. The van der Waals surface area contributed by atoms with Gasteiger partial charge in [0.15, 0.2) is 0 Å². The van der Waals surface area contributed by atoms with Gasteiger partial charge in [-0.1, -0.05) is 23.7 Å². The normalized spacial score (nSPS) is 15.2. The lowest BCUT2D eigenvalue weighted by atomic mass is 9.96. The zero-order chi connectivity index (χ0) is 27.4. The molecule has 0 radical (unpaired) electrons. The van der Waals surface area contributed by atoms with E-state index in [1.54, 1.807) is 0 Å². The molecule has 3 amide bonds. The van der Waals surface area contributed by atoms with Crippen LogP contribution in [0.3, 0.4) is 0 Å². The zero-order valence-electron chi connectivity index (χ0n) is 19.5. The first-order valence-electron chi connectivity index (χ1n) is 11.0. The maximum absolute atomic E-state index is 13.5. The van der Waals surface area contributed by atoms with Gasteiger partial charge in [0, 0.05) is 12.4 Å². The van der Waals surface area contributed by atoms with E-state index >= 15 is 0 Å². The lowest BCUT2D eigenvalue weighted by molar-refractivity contribution is -0.274. The van der Waals surface area contributed by atoms with Crippen molar-refractivity contribution in [1.29, 1.82) is 0 Å². The number of amides is 3. The van der Waals surface area contributed by atoms with E-state index in [2.05, 4.69) is 19.8 Å². The van der Waals surface area contributed by atoms with Gasteiger partial charge in [-0.2, -0.15) is 10.0 Å². The largest absolute Gasteiger partial charge is 0.573 e. The van der Waals surface area contributed by atoms with E-state index in [1.165, 1.54) is 43.6 Å². The molecule has 0 spiro atoms. The standard InChI is InChI=1S/C24H18ClF4N5O4/c1-2-37-23(36)34(17-7-9-18(10-8-17)38-24(27,28)29)22(35)33-13-19(21-30-11-15(25)12-31-21)20(32-33)14-3-5-16(26)6-4-14/h3-12,19H,2,13H2,1H3. The molecule has 1 unspecified atom stereocenters. The Morgan fingerprint density at radius 2 is 1.71 bits per heavy atom. The minimum atomic E-state index is -4.92. The SMILES string of the molecule is CCOC(=O)N(C(=O)N1CC(c2ncc(Cl)cn2)C(c2ccc(F)cc2)=N1)c1ccc(OC(F)(F)F)cc1. The number of halogens is 5. The van der Waals surface area contributed by atoms with Crippen LogP contribution < -0.4 is 9.64 Å². The lowest BCUT2D eigenvalue weighted by Gasteiger charge is -2.24. The van der Waals surface area contributed by atoms with E-state index in [0.29, 0.717) is 16.2 Å². The molecule has 14 heteroatoms. The van der Waals surface area contributed by atoms with Crippen LogP contribution in [0, 0.1) is 5.82 Å². The first-order valence-corrected chi connectivity index (χ1v) is 11.4. The molecule has 1 aliphatic heterocycles. The number of benzene rings is 2. The molecule has 1 aromatic heterocycles. The zero-order valence-corrected chi connectivity index (χ0v) is 20.3. The summed E-state index contributed by atoms with van der Waals surface area (Å²) in [6.45, 7) is 1.33. The van der Waals surface area contributed by atoms with Gasteiger partial charge < -0.3 is 9.47 Å². The highest BCUT2D eigenvalue weighted by atomic mass is 35.5. The predicted molar refractivity (Wildman–Crippen MR) is 127 cm³/mol. The molecule has 0 aliphatic carbocycles. The van der Waals surface area contributed by atoms with Crippen LogP contribution in [0.15, 0.2) is 66.0 Å². The second kappa shape index (κ2) is 11.0. The fourth-order valence-corrected chi connectivity index (χ4v) is 3.70. The van der Waals surface area contributed by atoms with Crippen molar-refractivity contribution in [3.63, 3.8) is 0 Å². The molecule has 0 saturated heterocycles. The number of hydrazone groups is 1. The summed E-state index contributed by atoms with van der Waals surface area (Å²) >= 11 is 5.90. The van der Waals surface area contributed by atoms with Crippen molar-refractivity contribution in [1.82, 2.24) is 15.0 Å². The van der Waals surface area contributed by atoms with Gasteiger partial charge in [-0.15, -0.1) is 13.2 Å². The molecule has 0 bridgehead atoms. The van der Waals surface area contributed by atoms with Crippen LogP contribution >= 0.6 is 11.6 Å². The van der Waals surface area contributed by atoms with Gasteiger partial charge in [0.05, 0.1) is 35.5 Å². The summed E-state index contributed by atoms with van der Waals surface area (Å²) in [4.78, 5) is 35.3. The summed E-state index contributed by atoms with van der Waals surface area (Å²) < 4.78 is 60.0. The number of aromatic nitrogens is 2. The minimum Gasteiger partial charge on any atom is -0.449 e. The number of carbonyl (C=O) groups is 2. The monoisotopic (exact) mass is 551 g/mol. The summed E-state index contributed by atoms with van der Waals surface area (Å²) in [5, 5.41) is 5.62. The van der Waals surface area contributed by atoms with Crippen molar-refractivity contribution in [2.75, 3.05) is 18.1 Å². The molecule has 2 aromatic carbocycles. The number of anilines is 1. The Morgan fingerprint density at radius 1 is 1.08 bits per heavy atom. The van der Waals surface area contributed by atoms with Crippen molar-refractivity contribution in [2.45, 2.75) is 19.2 Å². The van der Waals surface area contributed by atoms with Crippen LogP contribution in [0.25, 0.3) is 0 Å². The van der Waals surface area contributed by atoms with E-state index in [1.807, 2.05) is 0 Å². The third-order valence-corrected chi connectivity index (χ3v) is 5.39. The summed E-state index contributed by atoms with van der Waals surface area (Å²) in [5.74, 6) is -1.43. The average Bonchev–Trinajstić information content (AvgIpc) is 3.31. The van der Waals surface area contributed by atoms with Gasteiger partial charge in [0.25, 0.3) is 0 Å². The van der Waals surface area contributed by atoms with E-state index in [4.69, 9.17) is 16.3 Å². The van der Waals surface area contributed by atoms with Crippen molar-refractivity contribution in [2.24, 2.45) is 5.10 Å². The number of hydrogen-bond donors (Lipinski definition) is 0. The molecule has 2 heterocycles. The number of ether oxygens (including phenoxy) is 2. The highest BCUT2D eigenvalue weighted by Gasteiger charge is 2.39. The van der Waals surface area contributed by atoms with Crippen LogP contribution in [0.2, 0.25) is 5.02 Å². The summed E-state index contributed by atoms with van der Waals surface area (Å²) in [7, 11) is 0. The van der Waals surface area contributed by atoms with E-state index in [-0.39, 0.29) is 29.7 Å². The molecule has 198 valence electrons. The molecule has 38 heavy (non-hydrogen) atoms. The maximum atomic E-state index is 13.5. The first kappa shape index (κ1) is 26.8. The summed E-state index contributed by atoms with van der Waals surface area (Å²) in [6.07, 6.45) is -3.26. The number of hydrogen-bond acceptors (Lipinski definition) is 7. The van der Waals surface area contributed by atoms with Crippen LogP contribution in [-0.4, -0.2) is 52.3 Å². The minimum absolute atomic E-state index is 0.0801. The molecular formula is C24H18ClF4N5O4. The second-order valence-electron chi connectivity index (χ2n) is 7.74. The van der Waals surface area contributed by atoms with E-state index in [9.17, 15) is 27.2 Å². The van der Waals surface area contributed by atoms with Crippen LogP contribution in [0.5, 0.6) is 5.75 Å². The van der Waals surface area contributed by atoms with Crippen molar-refractivity contribution >= 4 is 35.1 Å². The predicted octanol–water partition coefficient (Wildman–Crippen LogP) is 5.75. The molecule has 0 fully saturated rings. The Bertz CT molecular complexity index is 1340. The summed E-state index contributed by atoms with van der Waals surface area (Å²) in [6, 6.07) is 8.50. The third kappa shape index (κ3) is 6.17. The van der Waals surface area contributed by atoms with Crippen LogP contribution in [0.4, 0.5) is 32.8 Å². The van der Waals surface area contributed by atoms with E-state index < -0.39 is 36.0 Å². The molecule has 0 saturated carbocycles. The molecule has 4 rings (SSSR count). The third-order valence-electron chi connectivity index (χ3n) is 5.20. The number of nitrogens with zero attached hydrogens (tertiary/aromatic N) is 5. The quantitative estimate of drug-likeness (QED) is 0.374. The Labute approximate surface area is 218 Å². The number of carbonyl (C=O) groups excluding carboxylic acids is 2. The van der Waals surface area contributed by atoms with E-state index in [0.717, 1.165) is 29.3 Å². The molecule has 9 nitrogen and oxygen atoms in total. The van der Waals surface area contributed by atoms with Crippen LogP contribution in [-0.2, 0) is 4.74 Å². The lowest BCUT2D eigenvalue weighted by Crippen LogP contribution is -2.44. The summed E-state index contributed by atoms with van der Waals surface area (Å²) in [5.41, 5.74) is 0.702. The topological polar surface area (TPSA) is 97.2 Å². The van der Waals surface area contributed by atoms with Crippen molar-refractivity contribution < 1.29 is 36.6 Å². The molecule has 1 aliphatic rings. The average molecular weight is 552 g/mol. The highest BCUT2D eigenvalue weighted by molar-refractivity contribution is 6.30. The van der Waals surface area contributed by atoms with Gasteiger partial charge in [-0.05, 0) is 48.9 Å². The number of rotatable bonds is 5. The van der Waals surface area contributed by atoms with Gasteiger partial charge >= 0.3 is 18.5 Å². The molecule has 3 aromatic rings. The van der Waals surface area contributed by atoms with Gasteiger partial charge in [-0.3, -0.25) is 0 Å². The molecular weight excluding hydrogens is 534 g/mol. The van der Waals surface area contributed by atoms with Crippen molar-refractivity contribution in [3.05, 3.63) is 83.2 Å². The molecule has 0 N–H and O–H groups in total. The van der Waals surface area contributed by atoms with Gasteiger partial charge in [0.1, 0.15) is 17.4 Å². The number of imide groups is 1. The van der Waals surface area contributed by atoms with Gasteiger partial charge in [0.2, 0.25) is 0 Å². The Morgan fingerprint density at radius 3 is 2.29 bits per heavy atom. The van der Waals surface area contributed by atoms with Crippen LogP contribution in [0.1, 0.15) is 24.2 Å².